The molecule has 0 fully saturated rings. The third-order valence-corrected chi connectivity index (χ3v) is 4.21. The Kier molecular flexibility index (Phi) is 5.64. The van der Waals surface area contributed by atoms with Crippen molar-refractivity contribution in [3.05, 3.63) is 35.2 Å². The van der Waals surface area contributed by atoms with E-state index in [0.717, 1.165) is 21.3 Å². The van der Waals surface area contributed by atoms with Crippen LogP contribution in [0.25, 0.3) is 11.3 Å². The topological polar surface area (TPSA) is 51.2 Å². The van der Waals surface area contributed by atoms with Gasteiger partial charge in [-0.15, -0.1) is 11.3 Å². The van der Waals surface area contributed by atoms with Crippen LogP contribution in [-0.2, 0) is 9.53 Å². The average molecular weight is 322 g/mol. The van der Waals surface area contributed by atoms with E-state index >= 15 is 0 Å². The Morgan fingerprint density at radius 2 is 2.14 bits per heavy atom. The Morgan fingerprint density at radius 3 is 2.76 bits per heavy atom. The molecule has 0 aliphatic rings. The minimum absolute atomic E-state index is 0.293. The largest absolute Gasteiger partial charge is 0.467 e. The number of nitrogens with zero attached hydrogens (tertiary/aromatic N) is 1. The molecular weight excluding hydrogens is 304 g/mol. The molecule has 0 saturated heterocycles. The van der Waals surface area contributed by atoms with Gasteiger partial charge in [0, 0.05) is 10.4 Å². The van der Waals surface area contributed by atoms with Gasteiger partial charge in [-0.05, 0) is 19.1 Å². The number of hydrogen-bond donors (Lipinski definition) is 2. The number of methoxy groups -OCH3 is 1. The third-order valence-electron chi connectivity index (χ3n) is 3.05. The lowest BCUT2D eigenvalue weighted by molar-refractivity contribution is -0.141. The number of aryl methyl sites for hydroxylation is 1. The molecule has 0 bridgehead atoms. The summed E-state index contributed by atoms with van der Waals surface area (Å²) in [5.74, 6) is 0.307. The maximum Gasteiger partial charge on any atom is 0.328 e. The van der Waals surface area contributed by atoms with Gasteiger partial charge in [0.25, 0.3) is 0 Å². The smallest absolute Gasteiger partial charge is 0.328 e. The highest BCUT2D eigenvalue weighted by molar-refractivity contribution is 7.80. The van der Waals surface area contributed by atoms with Gasteiger partial charge in [0.05, 0.1) is 12.8 Å². The van der Waals surface area contributed by atoms with Gasteiger partial charge in [0.2, 0.25) is 0 Å². The van der Waals surface area contributed by atoms with Gasteiger partial charge in [-0.2, -0.15) is 12.6 Å². The van der Waals surface area contributed by atoms with Crippen molar-refractivity contribution >= 4 is 35.1 Å². The second-order valence-electron chi connectivity index (χ2n) is 4.52. The van der Waals surface area contributed by atoms with E-state index < -0.39 is 6.04 Å². The lowest BCUT2D eigenvalue weighted by Gasteiger charge is -2.14. The highest BCUT2D eigenvalue weighted by atomic mass is 32.1. The van der Waals surface area contributed by atoms with Crippen LogP contribution < -0.4 is 5.32 Å². The maximum atomic E-state index is 11.7. The molecule has 1 atom stereocenters. The lowest BCUT2D eigenvalue weighted by Crippen LogP contribution is -2.31. The van der Waals surface area contributed by atoms with Crippen molar-refractivity contribution in [2.24, 2.45) is 0 Å². The number of hydrogen-bond acceptors (Lipinski definition) is 6. The lowest BCUT2D eigenvalue weighted by atomic mass is 10.1. The molecule has 1 aromatic carbocycles. The molecule has 4 nitrogen and oxygen atoms in total. The van der Waals surface area contributed by atoms with Crippen molar-refractivity contribution in [2.45, 2.75) is 19.4 Å². The quantitative estimate of drug-likeness (QED) is 0.632. The molecule has 1 N–H and O–H groups in total. The van der Waals surface area contributed by atoms with Crippen LogP contribution >= 0.6 is 24.0 Å². The molecule has 0 aliphatic heterocycles. The van der Waals surface area contributed by atoms with Crippen LogP contribution in [0.2, 0.25) is 0 Å². The van der Waals surface area contributed by atoms with Gasteiger partial charge in [-0.25, -0.2) is 9.78 Å². The van der Waals surface area contributed by atoms with Crippen molar-refractivity contribution < 1.29 is 9.53 Å². The minimum Gasteiger partial charge on any atom is -0.467 e. The number of carbonyl (C=O) groups is 1. The number of rotatable bonds is 6. The number of thiol groups is 1. The van der Waals surface area contributed by atoms with Crippen LogP contribution in [0.15, 0.2) is 30.3 Å². The summed E-state index contributed by atoms with van der Waals surface area (Å²) < 4.78 is 4.80. The Morgan fingerprint density at radius 1 is 1.43 bits per heavy atom. The van der Waals surface area contributed by atoms with Crippen molar-refractivity contribution in [3.63, 3.8) is 0 Å². The van der Waals surface area contributed by atoms with E-state index in [1.165, 1.54) is 18.4 Å². The van der Waals surface area contributed by atoms with Crippen molar-refractivity contribution in [2.75, 3.05) is 18.2 Å². The van der Waals surface area contributed by atoms with E-state index in [9.17, 15) is 4.79 Å². The molecule has 1 aromatic heterocycles. The van der Waals surface area contributed by atoms with E-state index in [0.29, 0.717) is 12.2 Å². The standard InChI is InChI=1S/C15H18N2O2S2/c1-10-13(11-6-4-3-5-7-11)17-15(21-10)16-12(8-9-20)14(18)19-2/h3-7,12,20H,8-9H2,1-2H3,(H,16,17)/t12-/m0/s1. The fourth-order valence-corrected chi connectivity index (χ4v) is 3.14. The highest BCUT2D eigenvalue weighted by Gasteiger charge is 2.20. The SMILES string of the molecule is COC(=O)[C@H](CCS)Nc1nc(-c2ccccc2)c(C)s1. The summed E-state index contributed by atoms with van der Waals surface area (Å²) in [6.45, 7) is 2.02. The van der Waals surface area contributed by atoms with E-state index in [4.69, 9.17) is 4.74 Å². The van der Waals surface area contributed by atoms with Crippen LogP contribution in [-0.4, -0.2) is 29.9 Å². The zero-order valence-corrected chi connectivity index (χ0v) is 13.7. The molecule has 2 aromatic rings. The molecule has 0 radical (unpaired) electrons. The fourth-order valence-electron chi connectivity index (χ4n) is 1.99. The molecule has 1 heterocycles. The van der Waals surface area contributed by atoms with Crippen molar-refractivity contribution in [3.8, 4) is 11.3 Å². The average Bonchev–Trinajstić information content (AvgIpc) is 2.87. The second-order valence-corrected chi connectivity index (χ2v) is 6.17. The normalized spacial score (nSPS) is 12.0. The van der Waals surface area contributed by atoms with Crippen LogP contribution in [0, 0.1) is 6.92 Å². The molecule has 0 aliphatic carbocycles. The molecule has 6 heteroatoms. The molecule has 0 unspecified atom stereocenters. The van der Waals surface area contributed by atoms with Gasteiger partial charge in [-0.1, -0.05) is 30.3 Å². The van der Waals surface area contributed by atoms with Crippen LogP contribution in [0.1, 0.15) is 11.3 Å². The summed E-state index contributed by atoms with van der Waals surface area (Å²) in [7, 11) is 1.39. The Hall–Kier alpha value is -1.53. The van der Waals surface area contributed by atoms with Gasteiger partial charge >= 0.3 is 5.97 Å². The number of anilines is 1. The number of nitrogens with one attached hydrogen (secondary N) is 1. The molecular formula is C15H18N2O2S2. The number of aromatic nitrogens is 1. The molecule has 0 saturated carbocycles. The first-order chi connectivity index (χ1) is 10.2. The molecule has 0 spiro atoms. The molecule has 21 heavy (non-hydrogen) atoms. The summed E-state index contributed by atoms with van der Waals surface area (Å²) in [5.41, 5.74) is 2.01. The first-order valence-electron chi connectivity index (χ1n) is 6.63. The Bertz CT molecular complexity index is 599. The van der Waals surface area contributed by atoms with Crippen molar-refractivity contribution in [1.29, 1.82) is 0 Å². The zero-order chi connectivity index (χ0) is 15.2. The van der Waals surface area contributed by atoms with E-state index in [2.05, 4.69) is 22.9 Å². The third kappa shape index (κ3) is 3.98. The van der Waals surface area contributed by atoms with Crippen molar-refractivity contribution in [1.82, 2.24) is 4.98 Å². The number of carbonyl (C=O) groups excluding carboxylic acids is 1. The van der Waals surface area contributed by atoms with Crippen LogP contribution in [0.3, 0.4) is 0 Å². The Balaban J connectivity index is 2.20. The highest BCUT2D eigenvalue weighted by Crippen LogP contribution is 2.30. The fraction of sp³-hybridized carbons (Fsp3) is 0.333. The van der Waals surface area contributed by atoms with E-state index in [1.54, 1.807) is 0 Å². The minimum atomic E-state index is -0.415. The first kappa shape index (κ1) is 15.9. The summed E-state index contributed by atoms with van der Waals surface area (Å²) in [4.78, 5) is 17.4. The predicted molar refractivity (Wildman–Crippen MR) is 90.2 cm³/mol. The number of benzene rings is 1. The zero-order valence-electron chi connectivity index (χ0n) is 12.0. The van der Waals surface area contributed by atoms with Crippen LogP contribution in [0.4, 0.5) is 5.13 Å². The van der Waals surface area contributed by atoms with Gasteiger partial charge < -0.3 is 10.1 Å². The van der Waals surface area contributed by atoms with Gasteiger partial charge in [-0.3, -0.25) is 0 Å². The van der Waals surface area contributed by atoms with Crippen LogP contribution in [0.5, 0.6) is 0 Å². The van der Waals surface area contributed by atoms with E-state index in [1.807, 2.05) is 37.3 Å². The summed E-state index contributed by atoms with van der Waals surface area (Å²) in [6.07, 6.45) is 0.592. The summed E-state index contributed by atoms with van der Waals surface area (Å²) in [6, 6.07) is 9.58. The Labute approximate surface area is 134 Å². The number of esters is 1. The summed E-state index contributed by atoms with van der Waals surface area (Å²) in [5, 5.41) is 3.87. The van der Waals surface area contributed by atoms with E-state index in [-0.39, 0.29) is 5.97 Å². The molecule has 112 valence electrons. The molecule has 2 rings (SSSR count). The van der Waals surface area contributed by atoms with Gasteiger partial charge in [0.15, 0.2) is 5.13 Å². The molecule has 0 amide bonds. The monoisotopic (exact) mass is 322 g/mol. The van der Waals surface area contributed by atoms with Gasteiger partial charge in [0.1, 0.15) is 6.04 Å². The first-order valence-corrected chi connectivity index (χ1v) is 8.08. The summed E-state index contributed by atoms with van der Waals surface area (Å²) >= 11 is 5.71. The number of thiazole rings is 1. The maximum absolute atomic E-state index is 11.7. The predicted octanol–water partition coefficient (Wildman–Crippen LogP) is 3.39. The second kappa shape index (κ2) is 7.47. The number of ether oxygens (including phenoxy) is 1.